The van der Waals surface area contributed by atoms with Crippen LogP contribution in [0.25, 0.3) is 10.9 Å². The Bertz CT molecular complexity index is 1440. The fraction of sp³-hybridized carbons (Fsp3) is 0.370. The number of aryl methyl sites for hydroxylation is 1. The summed E-state index contributed by atoms with van der Waals surface area (Å²) in [7, 11) is 1.76. The first-order valence-electron chi connectivity index (χ1n) is 12.5. The van der Waals surface area contributed by atoms with Gasteiger partial charge in [0.1, 0.15) is 5.02 Å². The Labute approximate surface area is 222 Å². The highest BCUT2D eigenvalue weighted by Gasteiger charge is 2.25. The van der Waals surface area contributed by atoms with Gasteiger partial charge in [-0.25, -0.2) is 15.0 Å². The molecule has 10 heteroatoms. The van der Waals surface area contributed by atoms with E-state index in [0.29, 0.717) is 28.3 Å². The van der Waals surface area contributed by atoms with Crippen LogP contribution in [0.1, 0.15) is 46.4 Å². The lowest BCUT2D eigenvalue weighted by Crippen LogP contribution is -2.31. The van der Waals surface area contributed by atoms with Gasteiger partial charge in [0.2, 0.25) is 5.95 Å². The molecule has 4 rings (SSSR count). The van der Waals surface area contributed by atoms with E-state index in [0.717, 1.165) is 42.5 Å². The molecule has 0 unspecified atom stereocenters. The maximum absolute atomic E-state index is 12.7. The fourth-order valence-corrected chi connectivity index (χ4v) is 4.28. The molecule has 3 heterocycles. The quantitative estimate of drug-likeness (QED) is 0.283. The highest BCUT2D eigenvalue weighted by atomic mass is 35.5. The topological polar surface area (TPSA) is 101 Å². The van der Waals surface area contributed by atoms with Crippen LogP contribution in [0.4, 0.5) is 23.1 Å². The number of halogens is 1. The number of rotatable bonds is 10. The minimum Gasteiger partial charge on any atom is -0.372 e. The molecule has 37 heavy (non-hydrogen) atoms. The molecule has 0 amide bonds. The molecule has 2 N–H and O–H groups in total. The largest absolute Gasteiger partial charge is 0.372 e. The summed E-state index contributed by atoms with van der Waals surface area (Å²) in [6, 6.07) is 9.17. The Balaban J connectivity index is 1.72. The van der Waals surface area contributed by atoms with Crippen molar-refractivity contribution in [2.24, 2.45) is 7.05 Å². The van der Waals surface area contributed by atoms with E-state index in [-0.39, 0.29) is 5.56 Å². The molecule has 0 atom stereocenters. The summed E-state index contributed by atoms with van der Waals surface area (Å²) in [4.78, 5) is 32.8. The molecule has 0 bridgehead atoms. The van der Waals surface area contributed by atoms with Crippen molar-refractivity contribution >= 4 is 45.6 Å². The van der Waals surface area contributed by atoms with Crippen LogP contribution in [0.15, 0.2) is 53.7 Å². The predicted molar refractivity (Wildman–Crippen MR) is 151 cm³/mol. The normalized spacial score (nSPS) is 11.5. The van der Waals surface area contributed by atoms with Crippen molar-refractivity contribution in [3.05, 3.63) is 70.1 Å². The Kier molecular flexibility index (Phi) is 7.92. The number of nitrogens with zero attached hydrogens (tertiary/aromatic N) is 6. The van der Waals surface area contributed by atoms with Crippen molar-refractivity contribution in [2.45, 2.75) is 46.1 Å². The van der Waals surface area contributed by atoms with Gasteiger partial charge in [-0.15, -0.1) is 0 Å². The molecule has 4 aromatic rings. The van der Waals surface area contributed by atoms with E-state index in [2.05, 4.69) is 44.3 Å². The molecule has 0 saturated carbocycles. The van der Waals surface area contributed by atoms with Crippen LogP contribution in [-0.4, -0.2) is 37.6 Å². The van der Waals surface area contributed by atoms with Crippen molar-refractivity contribution in [3.63, 3.8) is 0 Å². The zero-order valence-corrected chi connectivity index (χ0v) is 22.7. The summed E-state index contributed by atoms with van der Waals surface area (Å²) in [6.45, 7) is 9.90. The lowest BCUT2D eigenvalue weighted by Gasteiger charge is -2.27. The summed E-state index contributed by atoms with van der Waals surface area (Å²) < 4.78 is 1.62. The molecule has 0 spiro atoms. The van der Waals surface area contributed by atoms with E-state index in [9.17, 15) is 4.79 Å². The van der Waals surface area contributed by atoms with Gasteiger partial charge >= 0.3 is 0 Å². The second-order valence-electron chi connectivity index (χ2n) is 9.43. The monoisotopic (exact) mass is 520 g/mol. The molecule has 9 nitrogen and oxygen atoms in total. The van der Waals surface area contributed by atoms with Crippen LogP contribution >= 0.6 is 11.6 Å². The molecule has 0 aliphatic carbocycles. The van der Waals surface area contributed by atoms with Gasteiger partial charge in [-0.3, -0.25) is 4.79 Å². The summed E-state index contributed by atoms with van der Waals surface area (Å²) in [5, 5.41) is 8.11. The third kappa shape index (κ3) is 5.83. The lowest BCUT2D eigenvalue weighted by atomic mass is 10.0. The zero-order chi connectivity index (χ0) is 26.6. The smallest absolute Gasteiger partial charge is 0.252 e. The highest BCUT2D eigenvalue weighted by molar-refractivity contribution is 6.32. The van der Waals surface area contributed by atoms with Crippen LogP contribution in [0, 0.1) is 0 Å². The molecular weight excluding hydrogens is 488 g/mol. The minimum atomic E-state index is -0.614. The number of benzene rings is 1. The first-order valence-corrected chi connectivity index (χ1v) is 12.8. The fourth-order valence-electron chi connectivity index (χ4n) is 4.14. The van der Waals surface area contributed by atoms with Crippen LogP contribution in [0.5, 0.6) is 0 Å². The van der Waals surface area contributed by atoms with Crippen LogP contribution in [0.2, 0.25) is 5.02 Å². The number of anilines is 4. The number of aromatic nitrogens is 5. The second-order valence-corrected chi connectivity index (χ2v) is 9.84. The maximum Gasteiger partial charge on any atom is 0.252 e. The standard InChI is InChI=1S/C27H33ClN8O/c1-6-8-14-36(7-2)26-31-17-20(28)24(33-26)32-18-10-11-22-19(15-18)21(16-23(37)35(22)5)34-27(3,4)25-29-12-9-13-30-25/h9-13,15-17,34H,6-8,14H2,1-5H3,(H,31,32,33). The molecular formula is C27H33ClN8O. The van der Waals surface area contributed by atoms with Crippen LogP contribution in [0.3, 0.4) is 0 Å². The minimum absolute atomic E-state index is 0.115. The van der Waals surface area contributed by atoms with Gasteiger partial charge in [0.15, 0.2) is 11.6 Å². The maximum atomic E-state index is 12.7. The van der Waals surface area contributed by atoms with E-state index in [1.54, 1.807) is 42.3 Å². The molecule has 0 aliphatic heterocycles. The van der Waals surface area contributed by atoms with Crippen molar-refractivity contribution in [2.75, 3.05) is 28.6 Å². The molecule has 0 saturated heterocycles. The van der Waals surface area contributed by atoms with Gasteiger partial charge in [0, 0.05) is 55.4 Å². The molecule has 3 aromatic heterocycles. The number of pyridine rings is 1. The molecule has 0 aliphatic rings. The first kappa shape index (κ1) is 26.3. The third-order valence-electron chi connectivity index (χ3n) is 6.26. The van der Waals surface area contributed by atoms with E-state index in [1.165, 1.54) is 0 Å². The predicted octanol–water partition coefficient (Wildman–Crippen LogP) is 5.49. The van der Waals surface area contributed by atoms with Gasteiger partial charge in [-0.05, 0) is 51.5 Å². The molecule has 1 aromatic carbocycles. The van der Waals surface area contributed by atoms with Gasteiger partial charge in [0.25, 0.3) is 5.56 Å². The first-order chi connectivity index (χ1) is 17.7. The number of hydrogen-bond donors (Lipinski definition) is 2. The second kappa shape index (κ2) is 11.1. The van der Waals surface area contributed by atoms with Crippen LogP contribution in [-0.2, 0) is 12.6 Å². The van der Waals surface area contributed by atoms with E-state index >= 15 is 0 Å². The van der Waals surface area contributed by atoms with Gasteiger partial charge in [0.05, 0.1) is 17.3 Å². The average Bonchev–Trinajstić information content (AvgIpc) is 2.89. The Morgan fingerprint density at radius 3 is 2.57 bits per heavy atom. The average molecular weight is 521 g/mol. The van der Waals surface area contributed by atoms with Gasteiger partial charge in [-0.2, -0.15) is 4.98 Å². The van der Waals surface area contributed by atoms with Crippen molar-refractivity contribution in [1.82, 2.24) is 24.5 Å². The number of unbranched alkanes of at least 4 members (excludes halogenated alkanes) is 1. The molecule has 0 radical (unpaired) electrons. The number of hydrogen-bond acceptors (Lipinski definition) is 8. The summed E-state index contributed by atoms with van der Waals surface area (Å²) in [5.74, 6) is 1.79. The van der Waals surface area contributed by atoms with E-state index in [4.69, 9.17) is 16.6 Å². The van der Waals surface area contributed by atoms with Gasteiger partial charge in [-0.1, -0.05) is 24.9 Å². The Morgan fingerprint density at radius 1 is 1.11 bits per heavy atom. The Hall–Kier alpha value is -3.72. The summed E-state index contributed by atoms with van der Waals surface area (Å²) in [6.07, 6.45) is 7.19. The molecule has 194 valence electrons. The SMILES string of the molecule is CCCCN(CC)c1ncc(Cl)c(Nc2ccc3c(c2)c(NC(C)(C)c2ncccn2)cc(=O)n3C)n1. The van der Waals surface area contributed by atoms with Crippen molar-refractivity contribution < 1.29 is 0 Å². The molecule has 0 fully saturated rings. The van der Waals surface area contributed by atoms with Gasteiger partial charge < -0.3 is 20.1 Å². The van der Waals surface area contributed by atoms with Crippen molar-refractivity contribution in [3.8, 4) is 0 Å². The summed E-state index contributed by atoms with van der Waals surface area (Å²) >= 11 is 6.47. The zero-order valence-electron chi connectivity index (χ0n) is 21.9. The lowest BCUT2D eigenvalue weighted by molar-refractivity contribution is 0.563. The number of fused-ring (bicyclic) bond motifs is 1. The van der Waals surface area contributed by atoms with Crippen molar-refractivity contribution in [1.29, 1.82) is 0 Å². The highest BCUT2D eigenvalue weighted by Crippen LogP contribution is 2.32. The van der Waals surface area contributed by atoms with E-state index in [1.807, 2.05) is 32.0 Å². The Morgan fingerprint density at radius 2 is 1.86 bits per heavy atom. The third-order valence-corrected chi connectivity index (χ3v) is 6.54. The summed E-state index contributed by atoms with van der Waals surface area (Å²) in [5.41, 5.74) is 1.53. The van der Waals surface area contributed by atoms with E-state index < -0.39 is 5.54 Å². The number of nitrogens with one attached hydrogen (secondary N) is 2. The van der Waals surface area contributed by atoms with Crippen LogP contribution < -0.4 is 21.1 Å².